The molecule has 1 aliphatic rings. The Kier molecular flexibility index (Phi) is 9.20. The van der Waals surface area contributed by atoms with Gasteiger partial charge in [0.25, 0.3) is 0 Å². The van der Waals surface area contributed by atoms with Crippen LogP contribution in [0, 0.1) is 11.6 Å². The molecule has 0 spiro atoms. The highest BCUT2D eigenvalue weighted by Crippen LogP contribution is 2.42. The fourth-order valence-electron chi connectivity index (χ4n) is 5.67. The molecule has 0 radical (unpaired) electrons. The number of ether oxygens (including phenoxy) is 1. The highest BCUT2D eigenvalue weighted by atomic mass is 35.5. The summed E-state index contributed by atoms with van der Waals surface area (Å²) in [5, 5.41) is 0. The minimum atomic E-state index is -3.35. The molecule has 3 aromatic carbocycles. The first-order valence-corrected chi connectivity index (χ1v) is 16.2. The maximum absolute atomic E-state index is 15.4. The van der Waals surface area contributed by atoms with Crippen LogP contribution in [0.3, 0.4) is 0 Å². The number of hydrogen-bond donors (Lipinski definition) is 1. The van der Waals surface area contributed by atoms with Crippen LogP contribution < -0.4 is 9.46 Å². The van der Waals surface area contributed by atoms with Crippen LogP contribution in [0.1, 0.15) is 48.3 Å². The lowest BCUT2D eigenvalue weighted by molar-refractivity contribution is 0.246. The Labute approximate surface area is 250 Å². The van der Waals surface area contributed by atoms with Gasteiger partial charge in [0.15, 0.2) is 11.6 Å². The van der Waals surface area contributed by atoms with Crippen molar-refractivity contribution in [3.05, 3.63) is 113 Å². The van der Waals surface area contributed by atoms with Gasteiger partial charge in [-0.25, -0.2) is 31.9 Å². The van der Waals surface area contributed by atoms with E-state index < -0.39 is 27.1 Å². The van der Waals surface area contributed by atoms with E-state index in [0.717, 1.165) is 17.4 Å². The second kappa shape index (κ2) is 12.9. The van der Waals surface area contributed by atoms with Gasteiger partial charge in [0.05, 0.1) is 17.8 Å². The zero-order valence-corrected chi connectivity index (χ0v) is 24.8. The van der Waals surface area contributed by atoms with Crippen LogP contribution in [0.25, 0.3) is 11.1 Å². The van der Waals surface area contributed by atoms with Crippen molar-refractivity contribution in [2.45, 2.75) is 56.0 Å². The van der Waals surface area contributed by atoms with E-state index in [2.05, 4.69) is 9.71 Å². The number of nitrogens with one attached hydrogen (secondary N) is 1. The van der Waals surface area contributed by atoms with E-state index in [0.29, 0.717) is 49.2 Å². The highest BCUT2D eigenvalue weighted by Gasteiger charge is 2.40. The number of benzene rings is 3. The number of nitrogens with zero attached hydrogens (tertiary/aromatic N) is 2. The fourth-order valence-corrected chi connectivity index (χ4v) is 6.66. The predicted octanol–water partition coefficient (Wildman–Crippen LogP) is 6.71. The summed E-state index contributed by atoms with van der Waals surface area (Å²) in [5.74, 6) is -0.229. The zero-order valence-electron chi connectivity index (χ0n) is 23.2. The molecule has 5 rings (SSSR count). The fraction of sp³-hybridized carbons (Fsp3) is 0.312. The predicted molar refractivity (Wildman–Crippen MR) is 160 cm³/mol. The van der Waals surface area contributed by atoms with Gasteiger partial charge < -0.3 is 4.74 Å². The van der Waals surface area contributed by atoms with Gasteiger partial charge in [-0.2, -0.15) is 0 Å². The molecule has 0 bridgehead atoms. The van der Waals surface area contributed by atoms with Crippen LogP contribution in [0.4, 0.5) is 8.78 Å². The van der Waals surface area contributed by atoms with Crippen molar-refractivity contribution in [2.24, 2.45) is 0 Å². The van der Waals surface area contributed by atoms with E-state index in [-0.39, 0.29) is 29.8 Å². The molecule has 0 unspecified atom stereocenters. The molecular weight excluding hydrogens is 580 g/mol. The lowest BCUT2D eigenvalue weighted by Gasteiger charge is -2.39. The van der Waals surface area contributed by atoms with E-state index >= 15 is 8.78 Å². The average Bonchev–Trinajstić information content (AvgIpc) is 2.98. The smallest absolute Gasteiger partial charge is 0.208 e. The summed E-state index contributed by atoms with van der Waals surface area (Å²) < 4.78 is 62.7. The monoisotopic (exact) mass is 611 g/mol. The highest BCUT2D eigenvalue weighted by molar-refractivity contribution is 7.88. The minimum absolute atomic E-state index is 0.0161. The number of sulfonamides is 1. The summed E-state index contributed by atoms with van der Waals surface area (Å²) in [7, 11) is -3.35. The second-order valence-electron chi connectivity index (χ2n) is 10.8. The molecule has 1 aromatic heterocycles. The van der Waals surface area contributed by atoms with E-state index in [4.69, 9.17) is 21.3 Å². The van der Waals surface area contributed by atoms with Gasteiger partial charge in [0, 0.05) is 28.8 Å². The largest absolute Gasteiger partial charge is 0.485 e. The van der Waals surface area contributed by atoms with Gasteiger partial charge in [0.2, 0.25) is 10.0 Å². The van der Waals surface area contributed by atoms with Crippen molar-refractivity contribution >= 4 is 21.6 Å². The summed E-state index contributed by atoms with van der Waals surface area (Å²) in [6.45, 7) is 0.135. The summed E-state index contributed by atoms with van der Waals surface area (Å²) in [4.78, 5) is 9.34. The molecule has 0 aliphatic heterocycles. The number of para-hydroxylation sites is 1. The first-order valence-electron chi connectivity index (χ1n) is 13.8. The normalized spacial score (nSPS) is 19.0. The number of halogens is 3. The van der Waals surface area contributed by atoms with Crippen LogP contribution in [0.5, 0.6) is 5.75 Å². The molecule has 42 heavy (non-hydrogen) atoms. The van der Waals surface area contributed by atoms with Gasteiger partial charge in [0.1, 0.15) is 18.2 Å². The van der Waals surface area contributed by atoms with E-state index in [1.165, 1.54) is 18.2 Å². The molecule has 0 saturated heterocycles. The van der Waals surface area contributed by atoms with Crippen LogP contribution >= 0.6 is 11.6 Å². The molecular formula is C32H32ClF2N3O3S. The Morgan fingerprint density at radius 1 is 0.952 bits per heavy atom. The van der Waals surface area contributed by atoms with Crippen molar-refractivity contribution in [1.29, 1.82) is 0 Å². The van der Waals surface area contributed by atoms with E-state index in [9.17, 15) is 8.42 Å². The van der Waals surface area contributed by atoms with Crippen LogP contribution in [-0.4, -0.2) is 30.7 Å². The second-order valence-corrected chi connectivity index (χ2v) is 12.9. The van der Waals surface area contributed by atoms with Gasteiger partial charge in [-0.15, -0.1) is 11.6 Å². The lowest BCUT2D eigenvalue weighted by Crippen LogP contribution is -2.43. The SMILES string of the molecule is CS(=O)(=O)NC1CCC(Cc2ccc(F)c(-c3cccc(F)c3OCc3ccccc3)c2)(c2nccc(CCl)n2)CC1. The Morgan fingerprint density at radius 2 is 1.71 bits per heavy atom. The Morgan fingerprint density at radius 3 is 2.43 bits per heavy atom. The number of hydrogen-bond acceptors (Lipinski definition) is 5. The number of alkyl halides is 1. The lowest BCUT2D eigenvalue weighted by atomic mass is 9.68. The van der Waals surface area contributed by atoms with Crippen molar-refractivity contribution < 1.29 is 21.9 Å². The van der Waals surface area contributed by atoms with Crippen molar-refractivity contribution in [3.8, 4) is 16.9 Å². The molecule has 0 atom stereocenters. The average molecular weight is 612 g/mol. The maximum atomic E-state index is 15.4. The van der Waals surface area contributed by atoms with Crippen molar-refractivity contribution in [3.63, 3.8) is 0 Å². The maximum Gasteiger partial charge on any atom is 0.208 e. The third-order valence-corrected chi connectivity index (χ3v) is 8.74. The molecule has 6 nitrogen and oxygen atoms in total. The Hall–Kier alpha value is -3.40. The quantitative estimate of drug-likeness (QED) is 0.202. The molecule has 10 heteroatoms. The van der Waals surface area contributed by atoms with Crippen molar-refractivity contribution in [2.75, 3.05) is 6.26 Å². The van der Waals surface area contributed by atoms with Crippen molar-refractivity contribution in [1.82, 2.24) is 14.7 Å². The van der Waals surface area contributed by atoms with Gasteiger partial charge in [-0.05, 0) is 67.5 Å². The molecule has 1 N–H and O–H groups in total. The molecule has 1 heterocycles. The van der Waals surface area contributed by atoms with E-state index in [1.807, 2.05) is 30.3 Å². The first kappa shape index (κ1) is 30.1. The van der Waals surface area contributed by atoms with Gasteiger partial charge in [-0.1, -0.05) is 48.5 Å². The Balaban J connectivity index is 1.48. The Bertz CT molecular complexity index is 1650. The number of aromatic nitrogens is 2. The summed E-state index contributed by atoms with van der Waals surface area (Å²) in [6.07, 6.45) is 5.74. The third kappa shape index (κ3) is 7.14. The third-order valence-electron chi connectivity index (χ3n) is 7.70. The first-order chi connectivity index (χ1) is 20.2. The standard InChI is InChI=1S/C32H32ClF2N3O3S/c1-42(39,40)38-24-12-15-32(16-13-24,31-36-17-14-25(20-33)37-31)19-23-10-11-28(34)27(18-23)26-8-5-9-29(35)30(26)41-21-22-6-3-2-4-7-22/h2-11,14,17-18,24,38H,12-13,15-16,19-21H2,1H3. The molecule has 220 valence electrons. The van der Waals surface area contributed by atoms with Gasteiger partial charge >= 0.3 is 0 Å². The summed E-state index contributed by atoms with van der Waals surface area (Å²) in [5.41, 5.74) is 2.40. The molecule has 1 aliphatic carbocycles. The number of rotatable bonds is 10. The van der Waals surface area contributed by atoms with Crippen LogP contribution in [0.2, 0.25) is 0 Å². The summed E-state index contributed by atoms with van der Waals surface area (Å²) >= 11 is 6.09. The summed E-state index contributed by atoms with van der Waals surface area (Å²) in [6, 6.07) is 20.3. The van der Waals surface area contributed by atoms with Gasteiger partial charge in [-0.3, -0.25) is 0 Å². The molecule has 0 amide bonds. The topological polar surface area (TPSA) is 81.2 Å². The van der Waals surface area contributed by atoms with Crippen LogP contribution in [-0.2, 0) is 34.3 Å². The molecule has 1 saturated carbocycles. The molecule has 4 aromatic rings. The minimum Gasteiger partial charge on any atom is -0.485 e. The van der Waals surface area contributed by atoms with Crippen LogP contribution in [0.15, 0.2) is 79.0 Å². The molecule has 1 fully saturated rings. The van der Waals surface area contributed by atoms with E-state index in [1.54, 1.807) is 30.5 Å². The zero-order chi connectivity index (χ0) is 29.7.